The molecule has 0 aliphatic rings. The molecule has 0 aliphatic carbocycles. The Morgan fingerprint density at radius 2 is 2.12 bits per heavy atom. The van der Waals surface area contributed by atoms with Gasteiger partial charge >= 0.3 is 0 Å². The van der Waals surface area contributed by atoms with Gasteiger partial charge in [-0.15, -0.1) is 0 Å². The molecule has 2 rings (SSSR count). The fourth-order valence-electron chi connectivity index (χ4n) is 1.44. The van der Waals surface area contributed by atoms with Gasteiger partial charge < -0.3 is 4.90 Å². The third-order valence-electron chi connectivity index (χ3n) is 2.32. The summed E-state index contributed by atoms with van der Waals surface area (Å²) in [6.07, 6.45) is 3.23. The van der Waals surface area contributed by atoms with Crippen LogP contribution in [0.5, 0.6) is 0 Å². The number of anilines is 1. The van der Waals surface area contributed by atoms with Crippen LogP contribution in [0.1, 0.15) is 10.4 Å². The van der Waals surface area contributed by atoms with Gasteiger partial charge in [0.15, 0.2) is 0 Å². The summed E-state index contributed by atoms with van der Waals surface area (Å²) in [7, 11) is 3.88. The van der Waals surface area contributed by atoms with Crippen molar-refractivity contribution in [3.63, 3.8) is 0 Å². The smallest absolute Gasteiger partial charge is 0.278 e. The normalized spacial score (nSPS) is 10.1. The van der Waals surface area contributed by atoms with Crippen molar-refractivity contribution in [2.45, 2.75) is 0 Å². The van der Waals surface area contributed by atoms with E-state index >= 15 is 0 Å². The van der Waals surface area contributed by atoms with Gasteiger partial charge in [0, 0.05) is 37.7 Å². The molecular weight excluding hydrogens is 202 g/mol. The number of benzene rings is 1. The van der Waals surface area contributed by atoms with Gasteiger partial charge in [-0.25, -0.2) is 4.68 Å². The fraction of sp³-hybridized carbons (Fsp3) is 0.167. The number of aromatic nitrogens is 2. The summed E-state index contributed by atoms with van der Waals surface area (Å²) >= 11 is 0. The van der Waals surface area contributed by atoms with Crippen molar-refractivity contribution in [3.8, 4) is 0 Å². The van der Waals surface area contributed by atoms with Crippen LogP contribution in [0.25, 0.3) is 0 Å². The van der Waals surface area contributed by atoms with Crippen LogP contribution in [-0.4, -0.2) is 29.8 Å². The summed E-state index contributed by atoms with van der Waals surface area (Å²) in [4.78, 5) is 13.9. The Bertz CT molecular complexity index is 489. The van der Waals surface area contributed by atoms with E-state index in [9.17, 15) is 4.79 Å². The molecule has 0 radical (unpaired) electrons. The molecule has 2 aromatic rings. The lowest BCUT2D eigenvalue weighted by Crippen LogP contribution is -2.14. The molecule has 0 unspecified atom stereocenters. The highest BCUT2D eigenvalue weighted by Crippen LogP contribution is 2.14. The van der Waals surface area contributed by atoms with Gasteiger partial charge in [-0.05, 0) is 24.3 Å². The van der Waals surface area contributed by atoms with Crippen LogP contribution < -0.4 is 4.90 Å². The summed E-state index contributed by atoms with van der Waals surface area (Å²) in [5, 5.41) is 3.92. The second kappa shape index (κ2) is 4.18. The lowest BCUT2D eigenvalue weighted by Gasteiger charge is -2.12. The van der Waals surface area contributed by atoms with E-state index in [1.165, 1.54) is 4.68 Å². The standard InChI is InChI=1S/C12H13N3O/c1-14(2)11-6-3-5-10(9-11)12(16)15-8-4-7-13-15/h3-9H,1-2H3. The van der Waals surface area contributed by atoms with Crippen molar-refractivity contribution in [2.75, 3.05) is 19.0 Å². The Labute approximate surface area is 94.1 Å². The van der Waals surface area contributed by atoms with Gasteiger partial charge in [0.05, 0.1) is 0 Å². The molecule has 1 heterocycles. The van der Waals surface area contributed by atoms with Gasteiger partial charge in [-0.3, -0.25) is 4.79 Å². The quantitative estimate of drug-likeness (QED) is 0.764. The monoisotopic (exact) mass is 215 g/mol. The van der Waals surface area contributed by atoms with Crippen LogP contribution in [0, 0.1) is 0 Å². The lowest BCUT2D eigenvalue weighted by atomic mass is 10.2. The zero-order valence-corrected chi connectivity index (χ0v) is 9.29. The van der Waals surface area contributed by atoms with Gasteiger partial charge in [0.1, 0.15) is 0 Å². The van der Waals surface area contributed by atoms with Crippen molar-refractivity contribution >= 4 is 11.6 Å². The van der Waals surface area contributed by atoms with Gasteiger partial charge in [0.25, 0.3) is 5.91 Å². The molecule has 0 fully saturated rings. The van der Waals surface area contributed by atoms with Crippen LogP contribution in [0.2, 0.25) is 0 Å². The largest absolute Gasteiger partial charge is 0.378 e. The van der Waals surface area contributed by atoms with Crippen LogP contribution in [0.3, 0.4) is 0 Å². The van der Waals surface area contributed by atoms with Crippen LogP contribution >= 0.6 is 0 Å². The Morgan fingerprint density at radius 3 is 2.75 bits per heavy atom. The molecule has 0 saturated carbocycles. The molecule has 0 spiro atoms. The third-order valence-corrected chi connectivity index (χ3v) is 2.32. The molecule has 0 saturated heterocycles. The highest BCUT2D eigenvalue weighted by atomic mass is 16.2. The van der Waals surface area contributed by atoms with E-state index in [1.54, 1.807) is 24.5 Å². The molecule has 0 atom stereocenters. The summed E-state index contributed by atoms with van der Waals surface area (Å²) in [6, 6.07) is 9.20. The summed E-state index contributed by atoms with van der Waals surface area (Å²) in [5.41, 5.74) is 1.63. The minimum atomic E-state index is -0.117. The van der Waals surface area contributed by atoms with E-state index in [0.29, 0.717) is 5.56 Å². The molecule has 4 heteroatoms. The van der Waals surface area contributed by atoms with Crippen molar-refractivity contribution in [2.24, 2.45) is 0 Å². The first-order valence-corrected chi connectivity index (χ1v) is 5.00. The van der Waals surface area contributed by atoms with Crippen molar-refractivity contribution in [1.29, 1.82) is 0 Å². The lowest BCUT2D eigenvalue weighted by molar-refractivity contribution is 0.0945. The first kappa shape index (κ1) is 10.4. The van der Waals surface area contributed by atoms with Gasteiger partial charge in [0.2, 0.25) is 0 Å². The predicted octanol–water partition coefficient (Wildman–Crippen LogP) is 1.64. The second-order valence-corrected chi connectivity index (χ2v) is 3.70. The molecular formula is C12H13N3O. The zero-order chi connectivity index (χ0) is 11.5. The molecule has 1 aromatic carbocycles. The molecule has 16 heavy (non-hydrogen) atoms. The van der Waals surface area contributed by atoms with E-state index in [4.69, 9.17) is 0 Å². The minimum Gasteiger partial charge on any atom is -0.378 e. The first-order chi connectivity index (χ1) is 7.68. The van der Waals surface area contributed by atoms with E-state index in [1.807, 2.05) is 37.2 Å². The average molecular weight is 215 g/mol. The molecule has 0 N–H and O–H groups in total. The summed E-state index contributed by atoms with van der Waals surface area (Å²) in [6.45, 7) is 0. The topological polar surface area (TPSA) is 38.1 Å². The van der Waals surface area contributed by atoms with Gasteiger partial charge in [-0.2, -0.15) is 5.10 Å². The number of nitrogens with zero attached hydrogens (tertiary/aromatic N) is 3. The average Bonchev–Trinajstić information content (AvgIpc) is 2.81. The van der Waals surface area contributed by atoms with Crippen LogP contribution in [0.4, 0.5) is 5.69 Å². The van der Waals surface area contributed by atoms with Crippen LogP contribution in [0.15, 0.2) is 42.7 Å². The number of hydrogen-bond donors (Lipinski definition) is 0. The number of carbonyl (C=O) groups excluding carboxylic acids is 1. The molecule has 82 valence electrons. The second-order valence-electron chi connectivity index (χ2n) is 3.70. The molecule has 4 nitrogen and oxygen atoms in total. The number of hydrogen-bond acceptors (Lipinski definition) is 3. The SMILES string of the molecule is CN(C)c1cccc(C(=O)n2cccn2)c1. The Kier molecular flexibility index (Phi) is 2.72. The predicted molar refractivity (Wildman–Crippen MR) is 62.7 cm³/mol. The Balaban J connectivity index is 2.34. The van der Waals surface area contributed by atoms with E-state index in [-0.39, 0.29) is 5.91 Å². The maximum absolute atomic E-state index is 12.0. The molecule has 0 bridgehead atoms. The van der Waals surface area contributed by atoms with Crippen molar-refractivity contribution in [1.82, 2.24) is 9.78 Å². The van der Waals surface area contributed by atoms with Crippen molar-refractivity contribution < 1.29 is 4.79 Å². The Morgan fingerprint density at radius 1 is 1.31 bits per heavy atom. The summed E-state index contributed by atoms with van der Waals surface area (Å²) < 4.78 is 1.33. The number of rotatable bonds is 2. The minimum absolute atomic E-state index is 0.117. The Hall–Kier alpha value is -2.10. The fourth-order valence-corrected chi connectivity index (χ4v) is 1.44. The maximum Gasteiger partial charge on any atom is 0.278 e. The molecule has 0 aliphatic heterocycles. The zero-order valence-electron chi connectivity index (χ0n) is 9.29. The van der Waals surface area contributed by atoms with E-state index in [2.05, 4.69) is 5.10 Å². The molecule has 0 amide bonds. The molecule has 1 aromatic heterocycles. The van der Waals surface area contributed by atoms with Gasteiger partial charge in [-0.1, -0.05) is 6.07 Å². The summed E-state index contributed by atoms with van der Waals surface area (Å²) in [5.74, 6) is -0.117. The highest BCUT2D eigenvalue weighted by molar-refractivity contribution is 5.96. The van der Waals surface area contributed by atoms with E-state index < -0.39 is 0 Å². The van der Waals surface area contributed by atoms with Crippen molar-refractivity contribution in [3.05, 3.63) is 48.3 Å². The maximum atomic E-state index is 12.0. The first-order valence-electron chi connectivity index (χ1n) is 5.00. The third kappa shape index (κ3) is 1.95. The number of carbonyl (C=O) groups is 1. The van der Waals surface area contributed by atoms with Crippen LogP contribution in [-0.2, 0) is 0 Å². The van der Waals surface area contributed by atoms with E-state index in [0.717, 1.165) is 5.69 Å². The highest BCUT2D eigenvalue weighted by Gasteiger charge is 2.09.